The summed E-state index contributed by atoms with van der Waals surface area (Å²) >= 11 is 3.12. The lowest BCUT2D eigenvalue weighted by Gasteiger charge is -2.29. The predicted molar refractivity (Wildman–Crippen MR) is 82.3 cm³/mol. The molecule has 0 radical (unpaired) electrons. The average Bonchev–Trinajstić information content (AvgIpc) is 2.42. The molecule has 2 unspecified atom stereocenters. The Morgan fingerprint density at radius 2 is 2.14 bits per heavy atom. The summed E-state index contributed by atoms with van der Waals surface area (Å²) in [5, 5.41) is 10.1. The van der Waals surface area contributed by atoms with Crippen LogP contribution in [0, 0.1) is 11.7 Å². The molecule has 0 bridgehead atoms. The Kier molecular flexibility index (Phi) is 3.48. The molecule has 3 rings (SSSR count). The van der Waals surface area contributed by atoms with E-state index in [4.69, 9.17) is 0 Å². The van der Waals surface area contributed by atoms with E-state index in [9.17, 15) is 14.3 Å². The normalized spacial score (nSPS) is 21.3. The minimum absolute atomic E-state index is 0.183. The third-order valence-corrected chi connectivity index (χ3v) is 5.12. The van der Waals surface area contributed by atoms with Crippen molar-refractivity contribution in [3.8, 4) is 0 Å². The zero-order valence-corrected chi connectivity index (χ0v) is 13.4. The van der Waals surface area contributed by atoms with Gasteiger partial charge in [0.15, 0.2) is 0 Å². The third kappa shape index (κ3) is 2.24. The molecule has 0 aliphatic heterocycles. The summed E-state index contributed by atoms with van der Waals surface area (Å²) in [7, 11) is 0. The molecule has 1 aromatic heterocycles. The largest absolute Gasteiger partial charge is 0.478 e. The van der Waals surface area contributed by atoms with Crippen molar-refractivity contribution in [2.45, 2.75) is 32.6 Å². The summed E-state index contributed by atoms with van der Waals surface area (Å²) in [6, 6.07) is 2.82. The van der Waals surface area contributed by atoms with Crippen LogP contribution in [0.3, 0.4) is 0 Å². The van der Waals surface area contributed by atoms with Gasteiger partial charge in [-0.1, -0.05) is 13.8 Å². The molecule has 2 aromatic rings. The lowest BCUT2D eigenvalue weighted by atomic mass is 9.78. The summed E-state index contributed by atoms with van der Waals surface area (Å²) in [5.41, 5.74) is 2.29. The van der Waals surface area contributed by atoms with E-state index in [2.05, 4.69) is 34.8 Å². The number of pyridine rings is 1. The van der Waals surface area contributed by atoms with E-state index in [0.29, 0.717) is 23.2 Å². The zero-order chi connectivity index (χ0) is 15.3. The molecule has 1 N–H and O–H groups in total. The number of hydrogen-bond acceptors (Lipinski definition) is 2. The zero-order valence-electron chi connectivity index (χ0n) is 11.8. The second-order valence-corrected chi connectivity index (χ2v) is 6.60. The first-order chi connectivity index (χ1) is 9.90. The van der Waals surface area contributed by atoms with Crippen molar-refractivity contribution in [1.82, 2.24) is 4.98 Å². The fourth-order valence-corrected chi connectivity index (χ4v) is 3.43. The van der Waals surface area contributed by atoms with Gasteiger partial charge in [0.1, 0.15) is 5.82 Å². The molecule has 1 aliphatic carbocycles. The van der Waals surface area contributed by atoms with Gasteiger partial charge in [-0.15, -0.1) is 0 Å². The van der Waals surface area contributed by atoms with Gasteiger partial charge in [0, 0.05) is 23.1 Å². The Balaban J connectivity index is 2.41. The Morgan fingerprint density at radius 3 is 2.81 bits per heavy atom. The smallest absolute Gasteiger partial charge is 0.336 e. The van der Waals surface area contributed by atoms with Gasteiger partial charge in [0.25, 0.3) is 0 Å². The van der Waals surface area contributed by atoms with Crippen molar-refractivity contribution in [3.05, 3.63) is 39.2 Å². The molecule has 1 aliphatic rings. The molecule has 0 fully saturated rings. The second-order valence-electron chi connectivity index (χ2n) is 5.74. The average molecular weight is 352 g/mol. The van der Waals surface area contributed by atoms with E-state index >= 15 is 0 Å². The van der Waals surface area contributed by atoms with Gasteiger partial charge in [-0.3, -0.25) is 4.98 Å². The number of nitrogens with zero attached hydrogens (tertiary/aromatic N) is 1. The van der Waals surface area contributed by atoms with Crippen LogP contribution >= 0.6 is 15.9 Å². The van der Waals surface area contributed by atoms with Crippen molar-refractivity contribution in [2.24, 2.45) is 5.92 Å². The maximum atomic E-state index is 13.8. The van der Waals surface area contributed by atoms with E-state index < -0.39 is 11.8 Å². The molecular formula is C16H15BrFNO2. The van der Waals surface area contributed by atoms with Crippen molar-refractivity contribution < 1.29 is 14.3 Å². The van der Waals surface area contributed by atoms with E-state index in [1.807, 2.05) is 0 Å². The lowest BCUT2D eigenvalue weighted by molar-refractivity contribution is 0.0697. The van der Waals surface area contributed by atoms with Crippen LogP contribution in [0.2, 0.25) is 0 Å². The number of aromatic nitrogens is 1. The van der Waals surface area contributed by atoms with Gasteiger partial charge in [0.2, 0.25) is 0 Å². The number of carbonyl (C=O) groups is 1. The van der Waals surface area contributed by atoms with Crippen molar-refractivity contribution in [1.29, 1.82) is 0 Å². The number of hydrogen-bond donors (Lipinski definition) is 1. The summed E-state index contributed by atoms with van der Waals surface area (Å²) in [6.07, 6.45) is 1.66. The highest BCUT2D eigenvalue weighted by molar-refractivity contribution is 9.10. The molecule has 3 nitrogen and oxygen atoms in total. The fourth-order valence-electron chi connectivity index (χ4n) is 3.08. The van der Waals surface area contributed by atoms with Crippen LogP contribution in [-0.2, 0) is 6.42 Å². The van der Waals surface area contributed by atoms with Gasteiger partial charge >= 0.3 is 5.97 Å². The molecule has 0 spiro atoms. The number of carboxylic acids is 1. The Morgan fingerprint density at radius 1 is 1.43 bits per heavy atom. The van der Waals surface area contributed by atoms with Crippen molar-refractivity contribution >= 4 is 32.8 Å². The molecular weight excluding hydrogens is 337 g/mol. The minimum atomic E-state index is -0.973. The molecule has 1 heterocycles. The van der Waals surface area contributed by atoms with Gasteiger partial charge in [-0.2, -0.15) is 0 Å². The number of fused-ring (bicyclic) bond motifs is 2. The maximum Gasteiger partial charge on any atom is 0.336 e. The summed E-state index contributed by atoms with van der Waals surface area (Å²) in [4.78, 5) is 16.3. The maximum absolute atomic E-state index is 13.8. The minimum Gasteiger partial charge on any atom is -0.478 e. The summed E-state index contributed by atoms with van der Waals surface area (Å²) in [6.45, 7) is 4.20. The van der Waals surface area contributed by atoms with Crippen LogP contribution in [0.25, 0.3) is 10.9 Å². The van der Waals surface area contributed by atoms with Crippen molar-refractivity contribution in [2.75, 3.05) is 0 Å². The Labute approximate surface area is 130 Å². The monoisotopic (exact) mass is 351 g/mol. The van der Waals surface area contributed by atoms with E-state index in [0.717, 1.165) is 17.7 Å². The van der Waals surface area contributed by atoms with Crippen LogP contribution in [-0.4, -0.2) is 16.1 Å². The van der Waals surface area contributed by atoms with Gasteiger partial charge < -0.3 is 5.11 Å². The Hall–Kier alpha value is -1.49. The van der Waals surface area contributed by atoms with Crippen LogP contribution in [0.15, 0.2) is 16.6 Å². The molecule has 0 amide bonds. The summed E-state index contributed by atoms with van der Waals surface area (Å²) in [5.74, 6) is -0.769. The van der Waals surface area contributed by atoms with Gasteiger partial charge in [-0.05, 0) is 46.3 Å². The number of benzene rings is 1. The first-order valence-corrected chi connectivity index (χ1v) is 7.74. The highest BCUT2D eigenvalue weighted by atomic mass is 79.9. The van der Waals surface area contributed by atoms with Crippen molar-refractivity contribution in [3.63, 3.8) is 0 Å². The second kappa shape index (κ2) is 5.05. The molecule has 110 valence electrons. The first-order valence-electron chi connectivity index (χ1n) is 6.95. The highest BCUT2D eigenvalue weighted by Crippen LogP contribution is 2.39. The van der Waals surface area contributed by atoms with E-state index in [1.54, 1.807) is 0 Å². The molecule has 2 atom stereocenters. The van der Waals surface area contributed by atoms with E-state index in [1.165, 1.54) is 12.1 Å². The first kappa shape index (κ1) is 14.4. The van der Waals surface area contributed by atoms with Crippen LogP contribution < -0.4 is 0 Å². The number of rotatable bonds is 1. The lowest BCUT2D eigenvalue weighted by Crippen LogP contribution is -2.21. The number of aromatic carboxylic acids is 1. The highest BCUT2D eigenvalue weighted by Gasteiger charge is 2.30. The standard InChI is InChI=1S/C16H15BrFNO2/c1-7-3-4-9-14(16(20)21)10-5-11(17)12(18)6-13(10)19-15(9)8(7)2/h5-8H,3-4H2,1-2H3,(H,20,21). The Bertz CT molecular complexity index is 760. The predicted octanol–water partition coefficient (Wildman–Crippen LogP) is 4.52. The molecule has 21 heavy (non-hydrogen) atoms. The van der Waals surface area contributed by atoms with Crippen LogP contribution in [0.5, 0.6) is 0 Å². The molecule has 1 aromatic carbocycles. The number of carboxylic acid groups (broad SMARTS) is 1. The quantitative estimate of drug-likeness (QED) is 0.821. The van der Waals surface area contributed by atoms with Gasteiger partial charge in [0.05, 0.1) is 15.6 Å². The molecule has 0 saturated heterocycles. The molecule has 0 saturated carbocycles. The SMILES string of the molecule is CC1CCc2c(nc3cc(F)c(Br)cc3c2C(=O)O)C1C. The third-order valence-electron chi connectivity index (χ3n) is 4.51. The number of halogens is 2. The van der Waals surface area contributed by atoms with Crippen LogP contribution in [0.1, 0.15) is 47.8 Å². The van der Waals surface area contributed by atoms with Crippen LogP contribution in [0.4, 0.5) is 4.39 Å². The topological polar surface area (TPSA) is 50.2 Å². The van der Waals surface area contributed by atoms with Gasteiger partial charge in [-0.25, -0.2) is 9.18 Å². The molecule has 5 heteroatoms. The fraction of sp³-hybridized carbons (Fsp3) is 0.375. The van der Waals surface area contributed by atoms with E-state index in [-0.39, 0.29) is 16.0 Å². The summed E-state index contributed by atoms with van der Waals surface area (Å²) < 4.78 is 14.0.